The smallest absolute Gasteiger partial charge is 0.331 e. The van der Waals surface area contributed by atoms with Crippen LogP contribution in [0.5, 0.6) is 0 Å². The van der Waals surface area contributed by atoms with Crippen molar-refractivity contribution in [2.24, 2.45) is 0 Å². The zero-order valence-corrected chi connectivity index (χ0v) is 13.1. The number of ether oxygens (including phenoxy) is 1. The molecule has 24 heavy (non-hydrogen) atoms. The van der Waals surface area contributed by atoms with Crippen LogP contribution < -0.4 is 10.9 Å². The van der Waals surface area contributed by atoms with E-state index in [4.69, 9.17) is 20.8 Å². The summed E-state index contributed by atoms with van der Waals surface area (Å²) in [6.45, 7) is -0.539. The maximum atomic E-state index is 11.7. The van der Waals surface area contributed by atoms with Gasteiger partial charge in [-0.05, 0) is 42.5 Å². The second kappa shape index (κ2) is 8.54. The summed E-state index contributed by atoms with van der Waals surface area (Å²) in [5.41, 5.74) is 4.64. The Kier molecular flexibility index (Phi) is 6.16. The van der Waals surface area contributed by atoms with E-state index in [-0.39, 0.29) is 0 Å². The predicted molar refractivity (Wildman–Crippen MR) is 85.8 cm³/mol. The van der Waals surface area contributed by atoms with Crippen LogP contribution in [-0.2, 0) is 14.3 Å². The van der Waals surface area contributed by atoms with Gasteiger partial charge < -0.3 is 9.15 Å². The highest BCUT2D eigenvalue weighted by atomic mass is 35.5. The van der Waals surface area contributed by atoms with E-state index in [9.17, 15) is 14.4 Å². The van der Waals surface area contributed by atoms with Crippen LogP contribution in [0.3, 0.4) is 0 Å². The molecular weight excluding hydrogens is 336 g/mol. The van der Waals surface area contributed by atoms with Gasteiger partial charge in [0.25, 0.3) is 11.8 Å². The Morgan fingerprint density at radius 1 is 1.12 bits per heavy atom. The average Bonchev–Trinajstić information content (AvgIpc) is 3.10. The first-order valence-electron chi connectivity index (χ1n) is 6.77. The van der Waals surface area contributed by atoms with Gasteiger partial charge in [-0.25, -0.2) is 4.79 Å². The fourth-order valence-electron chi connectivity index (χ4n) is 1.56. The summed E-state index contributed by atoms with van der Waals surface area (Å²) >= 11 is 5.71. The van der Waals surface area contributed by atoms with E-state index in [0.717, 1.165) is 6.08 Å². The number of benzene rings is 1. The fourth-order valence-corrected chi connectivity index (χ4v) is 1.68. The molecule has 124 valence electrons. The second-order valence-corrected chi connectivity index (χ2v) is 4.90. The summed E-state index contributed by atoms with van der Waals surface area (Å²) in [4.78, 5) is 34.6. The second-order valence-electron chi connectivity index (χ2n) is 4.47. The van der Waals surface area contributed by atoms with Crippen LogP contribution >= 0.6 is 11.6 Å². The van der Waals surface area contributed by atoms with Crippen molar-refractivity contribution >= 4 is 35.5 Å². The van der Waals surface area contributed by atoms with Crippen LogP contribution in [0.25, 0.3) is 6.08 Å². The third kappa shape index (κ3) is 5.62. The van der Waals surface area contributed by atoms with Gasteiger partial charge in [-0.15, -0.1) is 0 Å². The van der Waals surface area contributed by atoms with Crippen molar-refractivity contribution in [3.63, 3.8) is 0 Å². The lowest BCUT2D eigenvalue weighted by atomic mass is 10.2. The number of rotatable bonds is 5. The molecule has 2 amide bonds. The van der Waals surface area contributed by atoms with Gasteiger partial charge in [-0.1, -0.05) is 11.6 Å². The van der Waals surface area contributed by atoms with E-state index in [1.807, 2.05) is 0 Å². The van der Waals surface area contributed by atoms with Gasteiger partial charge in [-0.3, -0.25) is 20.4 Å². The van der Waals surface area contributed by atoms with Crippen molar-refractivity contribution in [3.8, 4) is 0 Å². The molecule has 7 nitrogen and oxygen atoms in total. The van der Waals surface area contributed by atoms with Crippen molar-refractivity contribution in [2.75, 3.05) is 6.61 Å². The van der Waals surface area contributed by atoms with Gasteiger partial charge in [0, 0.05) is 16.7 Å². The number of hydrazine groups is 1. The van der Waals surface area contributed by atoms with Crippen LogP contribution in [0.4, 0.5) is 0 Å². The summed E-state index contributed by atoms with van der Waals surface area (Å²) < 4.78 is 9.70. The lowest BCUT2D eigenvalue weighted by molar-refractivity contribution is -0.144. The number of furan rings is 1. The summed E-state index contributed by atoms with van der Waals surface area (Å²) in [6.07, 6.45) is 3.99. The van der Waals surface area contributed by atoms with Crippen molar-refractivity contribution < 1.29 is 23.5 Å². The molecule has 1 aromatic heterocycles. The van der Waals surface area contributed by atoms with Gasteiger partial charge in [0.2, 0.25) is 0 Å². The van der Waals surface area contributed by atoms with Crippen LogP contribution in [0.2, 0.25) is 5.02 Å². The zero-order chi connectivity index (χ0) is 17.4. The Morgan fingerprint density at radius 2 is 1.88 bits per heavy atom. The topological polar surface area (TPSA) is 97.6 Å². The molecule has 0 atom stereocenters. The summed E-state index contributed by atoms with van der Waals surface area (Å²) in [6, 6.07) is 9.42. The van der Waals surface area contributed by atoms with Crippen LogP contribution in [0.1, 0.15) is 16.1 Å². The SMILES string of the molecule is O=C(COC(=O)/C=C/c1ccco1)NNC(=O)c1ccc(Cl)cc1. The molecule has 0 radical (unpaired) electrons. The van der Waals surface area contributed by atoms with Crippen molar-refractivity contribution in [1.29, 1.82) is 0 Å². The maximum absolute atomic E-state index is 11.7. The van der Waals surface area contributed by atoms with Crippen LogP contribution in [0, 0.1) is 0 Å². The lowest BCUT2D eigenvalue weighted by Gasteiger charge is -2.07. The van der Waals surface area contributed by atoms with Crippen molar-refractivity contribution in [3.05, 3.63) is 65.1 Å². The quantitative estimate of drug-likeness (QED) is 0.489. The Labute approximate surface area is 142 Å². The first-order chi connectivity index (χ1) is 11.5. The molecule has 0 spiro atoms. The monoisotopic (exact) mass is 348 g/mol. The molecule has 1 aromatic carbocycles. The number of carbonyl (C=O) groups is 3. The third-order valence-corrected chi connectivity index (χ3v) is 2.95. The van der Waals surface area contributed by atoms with Gasteiger partial charge in [0.15, 0.2) is 6.61 Å². The minimum Gasteiger partial charge on any atom is -0.465 e. The van der Waals surface area contributed by atoms with Crippen molar-refractivity contribution in [2.45, 2.75) is 0 Å². The molecule has 0 saturated heterocycles. The highest BCUT2D eigenvalue weighted by Gasteiger charge is 2.08. The van der Waals surface area contributed by atoms with Crippen molar-refractivity contribution in [1.82, 2.24) is 10.9 Å². The summed E-state index contributed by atoms with van der Waals surface area (Å²) in [5.74, 6) is -1.45. The van der Waals surface area contributed by atoms with Gasteiger partial charge in [0.1, 0.15) is 5.76 Å². The number of carbonyl (C=O) groups excluding carboxylic acids is 3. The van der Waals surface area contributed by atoms with E-state index >= 15 is 0 Å². The number of esters is 1. The molecule has 2 rings (SSSR count). The number of halogens is 1. The molecule has 8 heteroatoms. The third-order valence-electron chi connectivity index (χ3n) is 2.69. The standard InChI is InChI=1S/C16H13ClN2O5/c17-12-5-3-11(4-6-12)16(22)19-18-14(20)10-24-15(21)8-7-13-2-1-9-23-13/h1-9H,10H2,(H,18,20)(H,19,22)/b8-7+. The molecule has 0 aliphatic rings. The number of hydrogen-bond donors (Lipinski definition) is 2. The molecule has 0 aliphatic carbocycles. The summed E-state index contributed by atoms with van der Waals surface area (Å²) in [5, 5.41) is 0.491. The Hall–Kier alpha value is -3.06. The van der Waals surface area contributed by atoms with E-state index < -0.39 is 24.4 Å². The molecule has 1 heterocycles. The normalized spacial score (nSPS) is 10.4. The van der Waals surface area contributed by atoms with Gasteiger partial charge in [0.05, 0.1) is 6.26 Å². The largest absolute Gasteiger partial charge is 0.465 e. The average molecular weight is 349 g/mol. The molecule has 0 saturated carbocycles. The molecule has 2 N–H and O–H groups in total. The number of amides is 2. The minimum atomic E-state index is -0.717. The number of nitrogens with one attached hydrogen (secondary N) is 2. The van der Waals surface area contributed by atoms with E-state index in [1.165, 1.54) is 24.5 Å². The predicted octanol–water partition coefficient (Wildman–Crippen LogP) is 1.95. The molecule has 0 unspecified atom stereocenters. The molecular formula is C16H13ClN2O5. The Balaban J connectivity index is 1.70. The molecule has 0 fully saturated rings. The Morgan fingerprint density at radius 3 is 2.54 bits per heavy atom. The maximum Gasteiger partial charge on any atom is 0.331 e. The van der Waals surface area contributed by atoms with Crippen LogP contribution in [0.15, 0.2) is 53.2 Å². The van der Waals surface area contributed by atoms with E-state index in [1.54, 1.807) is 24.3 Å². The highest BCUT2D eigenvalue weighted by molar-refractivity contribution is 6.30. The minimum absolute atomic E-state index is 0.318. The molecule has 2 aromatic rings. The number of hydrogen-bond acceptors (Lipinski definition) is 5. The lowest BCUT2D eigenvalue weighted by Crippen LogP contribution is -2.43. The van der Waals surface area contributed by atoms with Crippen LogP contribution in [-0.4, -0.2) is 24.4 Å². The fraction of sp³-hybridized carbons (Fsp3) is 0.0625. The first-order valence-corrected chi connectivity index (χ1v) is 7.15. The van der Waals surface area contributed by atoms with E-state index in [0.29, 0.717) is 16.3 Å². The molecule has 0 bridgehead atoms. The zero-order valence-electron chi connectivity index (χ0n) is 12.3. The Bertz CT molecular complexity index is 738. The summed E-state index contributed by atoms with van der Waals surface area (Å²) in [7, 11) is 0. The van der Waals surface area contributed by atoms with Gasteiger partial charge >= 0.3 is 5.97 Å². The van der Waals surface area contributed by atoms with Gasteiger partial charge in [-0.2, -0.15) is 0 Å². The molecule has 0 aliphatic heterocycles. The first kappa shape index (κ1) is 17.3. The van der Waals surface area contributed by atoms with E-state index in [2.05, 4.69) is 10.9 Å². The highest BCUT2D eigenvalue weighted by Crippen LogP contribution is 2.09.